The first-order valence-corrected chi connectivity index (χ1v) is 14.1. The standard InChI is InChI=1S/C33H28N10/c34-20-25-19-27(21-37-40-25)42-17-15-41(16-18-42)22-23-8-10-26(11-9-23)43-32(28-7-4-14-36-31(28)35)39-30-13-12-29(38-33(30)43)24-5-2-1-3-6-24/h1-14,19,21H,15-18,22H2,(H2,35,36). The molecule has 2 aromatic carbocycles. The van der Waals surface area contributed by atoms with Crippen molar-refractivity contribution >= 4 is 22.7 Å². The van der Waals surface area contributed by atoms with Crippen LogP contribution in [0.15, 0.2) is 97.3 Å². The van der Waals surface area contributed by atoms with E-state index in [-0.39, 0.29) is 0 Å². The third-order valence-corrected chi connectivity index (χ3v) is 7.75. The van der Waals surface area contributed by atoms with Gasteiger partial charge in [-0.25, -0.2) is 15.0 Å². The van der Waals surface area contributed by atoms with E-state index < -0.39 is 0 Å². The van der Waals surface area contributed by atoms with Gasteiger partial charge in [-0.3, -0.25) is 9.47 Å². The lowest BCUT2D eigenvalue weighted by Crippen LogP contribution is -2.46. The van der Waals surface area contributed by atoms with E-state index in [1.165, 1.54) is 5.56 Å². The zero-order valence-corrected chi connectivity index (χ0v) is 23.4. The molecule has 0 atom stereocenters. The summed E-state index contributed by atoms with van der Waals surface area (Å²) >= 11 is 0. The number of hydrogen-bond donors (Lipinski definition) is 1. The predicted octanol–water partition coefficient (Wildman–Crippen LogP) is 4.72. The van der Waals surface area contributed by atoms with Crippen molar-refractivity contribution < 1.29 is 0 Å². The molecule has 43 heavy (non-hydrogen) atoms. The van der Waals surface area contributed by atoms with Crippen LogP contribution in [0.5, 0.6) is 0 Å². The second kappa shape index (κ2) is 11.3. The number of pyridine rings is 2. The van der Waals surface area contributed by atoms with Crippen molar-refractivity contribution in [3.8, 4) is 34.4 Å². The second-order valence-electron chi connectivity index (χ2n) is 10.5. The smallest absolute Gasteiger partial charge is 0.165 e. The highest BCUT2D eigenvalue weighted by Crippen LogP contribution is 2.32. The molecule has 1 aliphatic rings. The molecule has 4 aromatic heterocycles. The van der Waals surface area contributed by atoms with Crippen molar-refractivity contribution in [1.82, 2.24) is 34.6 Å². The molecule has 0 aliphatic carbocycles. The van der Waals surface area contributed by atoms with E-state index in [2.05, 4.69) is 72.0 Å². The van der Waals surface area contributed by atoms with Gasteiger partial charge >= 0.3 is 0 Å². The zero-order valence-electron chi connectivity index (χ0n) is 23.4. The Morgan fingerprint density at radius 1 is 0.837 bits per heavy atom. The Hall–Kier alpha value is -5.66. The fourth-order valence-electron chi connectivity index (χ4n) is 5.52. The van der Waals surface area contributed by atoms with Gasteiger partial charge in [-0.15, -0.1) is 5.10 Å². The minimum atomic E-state index is 0.339. The lowest BCUT2D eigenvalue weighted by atomic mass is 10.1. The SMILES string of the molecule is N#Cc1cc(N2CCN(Cc3ccc(-n4c(-c5cccnc5N)nc5ccc(-c6ccccc6)nc54)cc3)CC2)cnn1. The molecule has 0 saturated carbocycles. The lowest BCUT2D eigenvalue weighted by molar-refractivity contribution is 0.250. The highest BCUT2D eigenvalue weighted by atomic mass is 15.3. The monoisotopic (exact) mass is 564 g/mol. The fourth-order valence-corrected chi connectivity index (χ4v) is 5.52. The molecular weight excluding hydrogens is 536 g/mol. The topological polar surface area (TPSA) is 126 Å². The summed E-state index contributed by atoms with van der Waals surface area (Å²) in [5, 5.41) is 17.0. The Morgan fingerprint density at radius 2 is 1.65 bits per heavy atom. The summed E-state index contributed by atoms with van der Waals surface area (Å²) < 4.78 is 2.07. The van der Waals surface area contributed by atoms with E-state index in [9.17, 15) is 0 Å². The van der Waals surface area contributed by atoms with Gasteiger partial charge in [0, 0.05) is 56.2 Å². The molecule has 6 aromatic rings. The Bertz CT molecular complexity index is 1940. The Balaban J connectivity index is 1.17. The van der Waals surface area contributed by atoms with Crippen LogP contribution in [0.1, 0.15) is 11.3 Å². The van der Waals surface area contributed by atoms with Gasteiger partial charge in [0.15, 0.2) is 17.2 Å². The molecule has 10 nitrogen and oxygen atoms in total. The number of nitrogens with zero attached hydrogens (tertiary/aromatic N) is 9. The summed E-state index contributed by atoms with van der Waals surface area (Å²) in [5.41, 5.74) is 14.0. The molecule has 0 radical (unpaired) electrons. The normalized spacial score (nSPS) is 13.7. The van der Waals surface area contributed by atoms with E-state index in [1.54, 1.807) is 18.5 Å². The van der Waals surface area contributed by atoms with Crippen molar-refractivity contribution in [1.29, 1.82) is 5.26 Å². The Kier molecular flexibility index (Phi) is 6.91. The van der Waals surface area contributed by atoms with Crippen LogP contribution in [0.25, 0.3) is 39.5 Å². The lowest BCUT2D eigenvalue weighted by Gasteiger charge is -2.35. The Morgan fingerprint density at radius 3 is 2.42 bits per heavy atom. The van der Waals surface area contributed by atoms with Gasteiger partial charge < -0.3 is 10.6 Å². The van der Waals surface area contributed by atoms with Gasteiger partial charge in [-0.1, -0.05) is 42.5 Å². The van der Waals surface area contributed by atoms with Gasteiger partial charge in [-0.2, -0.15) is 10.4 Å². The molecule has 10 heteroatoms. The third-order valence-electron chi connectivity index (χ3n) is 7.75. The first-order chi connectivity index (χ1) is 21.2. The van der Waals surface area contributed by atoms with Gasteiger partial charge in [0.05, 0.1) is 23.1 Å². The molecule has 0 amide bonds. The van der Waals surface area contributed by atoms with Crippen LogP contribution in [-0.4, -0.2) is 60.8 Å². The summed E-state index contributed by atoms with van der Waals surface area (Å²) in [4.78, 5) is 19.0. The average Bonchev–Trinajstić information content (AvgIpc) is 3.44. The highest BCUT2D eigenvalue weighted by molar-refractivity contribution is 5.84. The average molecular weight is 565 g/mol. The predicted molar refractivity (Wildman–Crippen MR) is 166 cm³/mol. The number of hydrogen-bond acceptors (Lipinski definition) is 9. The number of piperazine rings is 1. The van der Waals surface area contributed by atoms with Gasteiger partial charge in [-0.05, 0) is 42.0 Å². The number of nitriles is 1. The first-order valence-electron chi connectivity index (χ1n) is 14.1. The first kappa shape index (κ1) is 26.3. The van der Waals surface area contributed by atoms with Crippen molar-refractivity contribution in [3.05, 3.63) is 109 Å². The number of rotatable bonds is 6. The van der Waals surface area contributed by atoms with Gasteiger partial charge in [0.25, 0.3) is 0 Å². The molecule has 2 N–H and O–H groups in total. The quantitative estimate of drug-likeness (QED) is 0.306. The minimum Gasteiger partial charge on any atom is -0.383 e. The van der Waals surface area contributed by atoms with Crippen molar-refractivity contribution in [3.63, 3.8) is 0 Å². The van der Waals surface area contributed by atoms with Crippen LogP contribution in [0.2, 0.25) is 0 Å². The van der Waals surface area contributed by atoms with Crippen molar-refractivity contribution in [2.45, 2.75) is 6.54 Å². The second-order valence-corrected chi connectivity index (χ2v) is 10.5. The molecule has 5 heterocycles. The maximum Gasteiger partial charge on any atom is 0.165 e. The van der Waals surface area contributed by atoms with E-state index in [4.69, 9.17) is 21.0 Å². The number of fused-ring (bicyclic) bond motifs is 1. The number of nitrogen functional groups attached to an aromatic ring is 1. The number of benzene rings is 2. The van der Waals surface area contributed by atoms with Crippen LogP contribution >= 0.6 is 0 Å². The minimum absolute atomic E-state index is 0.339. The van der Waals surface area contributed by atoms with E-state index >= 15 is 0 Å². The number of aromatic nitrogens is 6. The Labute approximate surface area is 248 Å². The van der Waals surface area contributed by atoms with Crippen LogP contribution in [0.3, 0.4) is 0 Å². The highest BCUT2D eigenvalue weighted by Gasteiger charge is 2.20. The number of nitrogens with two attached hydrogens (primary N) is 1. The van der Waals surface area contributed by atoms with E-state index in [0.29, 0.717) is 17.3 Å². The molecule has 1 saturated heterocycles. The van der Waals surface area contributed by atoms with Crippen LogP contribution < -0.4 is 10.6 Å². The fraction of sp³-hybridized carbons (Fsp3) is 0.152. The molecular formula is C33H28N10. The van der Waals surface area contributed by atoms with Crippen molar-refractivity contribution in [2.75, 3.05) is 36.8 Å². The molecule has 0 unspecified atom stereocenters. The number of imidazole rings is 1. The molecule has 210 valence electrons. The molecule has 0 spiro atoms. The van der Waals surface area contributed by atoms with Crippen LogP contribution in [-0.2, 0) is 6.54 Å². The number of anilines is 2. The summed E-state index contributed by atoms with van der Waals surface area (Å²) in [6, 6.07) is 30.4. The van der Waals surface area contributed by atoms with Crippen LogP contribution in [0.4, 0.5) is 11.5 Å². The summed E-state index contributed by atoms with van der Waals surface area (Å²) in [5.74, 6) is 1.12. The van der Waals surface area contributed by atoms with E-state index in [1.807, 2.05) is 42.5 Å². The van der Waals surface area contributed by atoms with Crippen LogP contribution in [0, 0.1) is 11.3 Å². The third kappa shape index (κ3) is 5.25. The van der Waals surface area contributed by atoms with Gasteiger partial charge in [0.1, 0.15) is 17.4 Å². The maximum absolute atomic E-state index is 9.15. The summed E-state index contributed by atoms with van der Waals surface area (Å²) in [7, 11) is 0. The van der Waals surface area contributed by atoms with E-state index in [0.717, 1.165) is 72.1 Å². The molecule has 7 rings (SSSR count). The van der Waals surface area contributed by atoms with Gasteiger partial charge in [0.2, 0.25) is 0 Å². The largest absolute Gasteiger partial charge is 0.383 e. The zero-order chi connectivity index (χ0) is 29.2. The molecule has 0 bridgehead atoms. The van der Waals surface area contributed by atoms with Crippen molar-refractivity contribution in [2.24, 2.45) is 0 Å². The maximum atomic E-state index is 9.15. The summed E-state index contributed by atoms with van der Waals surface area (Å²) in [6.45, 7) is 4.39. The molecule has 1 aliphatic heterocycles. The summed E-state index contributed by atoms with van der Waals surface area (Å²) in [6.07, 6.45) is 3.41. The molecule has 1 fully saturated rings.